The summed E-state index contributed by atoms with van der Waals surface area (Å²) >= 11 is 1.50. The lowest BCUT2D eigenvalue weighted by Crippen LogP contribution is -1.95. The van der Waals surface area contributed by atoms with E-state index in [-0.39, 0.29) is 6.61 Å². The zero-order valence-corrected chi connectivity index (χ0v) is 13.5. The number of hydrogen-bond donors (Lipinski definition) is 1. The molecule has 0 atom stereocenters. The second-order valence-corrected chi connectivity index (χ2v) is 5.65. The van der Waals surface area contributed by atoms with Crippen LogP contribution in [0.5, 0.6) is 5.75 Å². The van der Waals surface area contributed by atoms with Crippen LogP contribution in [0.4, 0.5) is 5.13 Å². The molecule has 5 nitrogen and oxygen atoms in total. The maximum absolute atomic E-state index is 8.53. The number of ether oxygens (including phenoxy) is 1. The first-order chi connectivity index (χ1) is 11.8. The van der Waals surface area contributed by atoms with Crippen molar-refractivity contribution in [1.29, 1.82) is 5.26 Å². The molecule has 0 amide bonds. The van der Waals surface area contributed by atoms with Crippen molar-refractivity contribution in [2.24, 2.45) is 5.10 Å². The lowest BCUT2D eigenvalue weighted by atomic mass is 10.2. The van der Waals surface area contributed by atoms with E-state index < -0.39 is 0 Å². The monoisotopic (exact) mass is 334 g/mol. The van der Waals surface area contributed by atoms with Crippen molar-refractivity contribution in [2.75, 3.05) is 12.0 Å². The molecule has 0 fully saturated rings. The largest absolute Gasteiger partial charge is 0.479 e. The fraction of sp³-hybridized carbons (Fsp3) is 0.0556. The highest BCUT2D eigenvalue weighted by Crippen LogP contribution is 2.24. The second-order valence-electron chi connectivity index (χ2n) is 4.79. The van der Waals surface area contributed by atoms with Gasteiger partial charge in [0.1, 0.15) is 11.8 Å². The van der Waals surface area contributed by atoms with Gasteiger partial charge in [-0.15, -0.1) is 11.3 Å². The Labute approximate surface area is 143 Å². The maximum Gasteiger partial charge on any atom is 0.203 e. The Morgan fingerprint density at radius 1 is 1.21 bits per heavy atom. The molecule has 0 aliphatic rings. The van der Waals surface area contributed by atoms with Crippen molar-refractivity contribution in [2.45, 2.75) is 0 Å². The van der Waals surface area contributed by atoms with E-state index in [1.54, 1.807) is 12.3 Å². The van der Waals surface area contributed by atoms with Crippen LogP contribution in [0.3, 0.4) is 0 Å². The summed E-state index contributed by atoms with van der Waals surface area (Å²) in [6.45, 7) is 0.0280. The summed E-state index contributed by atoms with van der Waals surface area (Å²) in [5, 5.41) is 15.4. The summed E-state index contributed by atoms with van der Waals surface area (Å²) in [5.74, 6) is 0.640. The Balaban J connectivity index is 1.63. The van der Waals surface area contributed by atoms with Crippen molar-refractivity contribution in [3.8, 4) is 23.1 Å². The van der Waals surface area contributed by atoms with Gasteiger partial charge in [0.2, 0.25) is 5.13 Å². The second kappa shape index (κ2) is 7.90. The zero-order valence-electron chi connectivity index (χ0n) is 12.7. The molecule has 24 heavy (non-hydrogen) atoms. The number of rotatable bonds is 6. The third kappa shape index (κ3) is 4.18. The summed E-state index contributed by atoms with van der Waals surface area (Å²) in [6.07, 6.45) is 1.68. The third-order valence-corrected chi connectivity index (χ3v) is 3.86. The number of thiazole rings is 1. The van der Waals surface area contributed by atoms with Gasteiger partial charge < -0.3 is 4.74 Å². The number of nitriles is 1. The van der Waals surface area contributed by atoms with Crippen molar-refractivity contribution < 1.29 is 4.74 Å². The normalized spacial score (nSPS) is 10.5. The van der Waals surface area contributed by atoms with Gasteiger partial charge in [0, 0.05) is 10.9 Å². The molecule has 6 heteroatoms. The predicted molar refractivity (Wildman–Crippen MR) is 96.3 cm³/mol. The fourth-order valence-electron chi connectivity index (χ4n) is 2.03. The summed E-state index contributed by atoms with van der Waals surface area (Å²) in [7, 11) is 0. The molecule has 0 saturated heterocycles. The third-order valence-electron chi connectivity index (χ3n) is 3.11. The Morgan fingerprint density at radius 3 is 2.92 bits per heavy atom. The molecule has 0 saturated carbocycles. The van der Waals surface area contributed by atoms with Crippen LogP contribution in [-0.2, 0) is 0 Å². The maximum atomic E-state index is 8.53. The molecule has 118 valence electrons. The van der Waals surface area contributed by atoms with Gasteiger partial charge in [-0.25, -0.2) is 4.98 Å². The molecule has 0 spiro atoms. The van der Waals surface area contributed by atoms with E-state index in [2.05, 4.69) is 15.5 Å². The predicted octanol–water partition coefficient (Wildman–Crippen LogP) is 4.16. The topological polar surface area (TPSA) is 70.3 Å². The molecule has 0 aliphatic carbocycles. The van der Waals surface area contributed by atoms with Gasteiger partial charge in [0.05, 0.1) is 11.9 Å². The van der Waals surface area contributed by atoms with E-state index in [1.165, 1.54) is 11.3 Å². The average molecular weight is 334 g/mol. The first kappa shape index (κ1) is 15.7. The lowest BCUT2D eigenvalue weighted by molar-refractivity contribution is 0.368. The molecule has 1 N–H and O–H groups in total. The van der Waals surface area contributed by atoms with Crippen LogP contribution < -0.4 is 10.2 Å². The van der Waals surface area contributed by atoms with Gasteiger partial charge in [-0.3, -0.25) is 5.43 Å². The molecular weight excluding hydrogens is 320 g/mol. The average Bonchev–Trinajstić information content (AvgIpc) is 3.10. The summed E-state index contributed by atoms with van der Waals surface area (Å²) in [5.41, 5.74) is 5.80. The van der Waals surface area contributed by atoms with Crippen LogP contribution in [0.1, 0.15) is 5.56 Å². The van der Waals surface area contributed by atoms with Crippen molar-refractivity contribution in [1.82, 2.24) is 4.98 Å². The van der Waals surface area contributed by atoms with Crippen LogP contribution in [0.15, 0.2) is 65.1 Å². The summed E-state index contributed by atoms with van der Waals surface area (Å²) in [6, 6.07) is 19.3. The quantitative estimate of drug-likeness (QED) is 0.543. The van der Waals surface area contributed by atoms with Crippen LogP contribution in [0.2, 0.25) is 0 Å². The number of hydrogen-bond acceptors (Lipinski definition) is 6. The highest BCUT2D eigenvalue weighted by Gasteiger charge is 2.02. The minimum Gasteiger partial charge on any atom is -0.479 e. The van der Waals surface area contributed by atoms with Gasteiger partial charge in [0.15, 0.2) is 6.61 Å². The van der Waals surface area contributed by atoms with Gasteiger partial charge in [0.25, 0.3) is 0 Å². The zero-order chi connectivity index (χ0) is 16.6. The molecule has 3 aromatic rings. The Hall–Kier alpha value is -3.17. The smallest absolute Gasteiger partial charge is 0.203 e. The van der Waals surface area contributed by atoms with Gasteiger partial charge in [-0.05, 0) is 17.7 Å². The van der Waals surface area contributed by atoms with E-state index in [1.807, 2.05) is 60.0 Å². The van der Waals surface area contributed by atoms with Gasteiger partial charge >= 0.3 is 0 Å². The minimum atomic E-state index is 0.0280. The van der Waals surface area contributed by atoms with E-state index in [0.29, 0.717) is 5.75 Å². The van der Waals surface area contributed by atoms with Crippen LogP contribution in [-0.4, -0.2) is 17.8 Å². The van der Waals surface area contributed by atoms with E-state index in [9.17, 15) is 0 Å². The highest BCUT2D eigenvalue weighted by atomic mass is 32.1. The van der Waals surface area contributed by atoms with Crippen molar-refractivity contribution in [3.05, 3.63) is 65.5 Å². The number of hydrazone groups is 1. The molecule has 0 unspecified atom stereocenters. The molecule has 1 heterocycles. The van der Waals surface area contributed by atoms with Crippen molar-refractivity contribution in [3.63, 3.8) is 0 Å². The Morgan fingerprint density at radius 2 is 2.08 bits per heavy atom. The molecule has 1 aromatic heterocycles. The fourth-order valence-corrected chi connectivity index (χ4v) is 2.70. The molecular formula is C18H14N4OS. The minimum absolute atomic E-state index is 0.0280. The molecule has 3 rings (SSSR count). The SMILES string of the molecule is N#CCOc1cccc(C=NNc2nc(-c3ccccc3)cs2)c1. The molecule has 0 radical (unpaired) electrons. The van der Waals surface area contributed by atoms with Gasteiger partial charge in [-0.1, -0.05) is 42.5 Å². The van der Waals surface area contributed by atoms with E-state index >= 15 is 0 Å². The highest BCUT2D eigenvalue weighted by molar-refractivity contribution is 7.14. The Kier molecular flexibility index (Phi) is 5.17. The van der Waals surface area contributed by atoms with E-state index in [4.69, 9.17) is 10.00 Å². The first-order valence-corrected chi connectivity index (χ1v) is 8.13. The number of nitrogens with one attached hydrogen (secondary N) is 1. The van der Waals surface area contributed by atoms with Crippen LogP contribution in [0.25, 0.3) is 11.3 Å². The summed E-state index contributed by atoms with van der Waals surface area (Å²) < 4.78 is 5.26. The number of benzene rings is 2. The molecule has 0 bridgehead atoms. The number of nitrogens with zero attached hydrogens (tertiary/aromatic N) is 3. The van der Waals surface area contributed by atoms with E-state index in [0.717, 1.165) is 22.0 Å². The van der Waals surface area contributed by atoms with Crippen LogP contribution >= 0.6 is 11.3 Å². The molecule has 2 aromatic carbocycles. The Bertz CT molecular complexity index is 868. The standard InChI is InChI=1S/C18H14N4OS/c19-9-10-23-16-8-4-5-14(11-16)12-20-22-18-21-17(13-24-18)15-6-2-1-3-7-15/h1-8,11-13H,10H2,(H,21,22). The lowest BCUT2D eigenvalue weighted by Gasteiger charge is -2.01. The number of anilines is 1. The number of aromatic nitrogens is 1. The van der Waals surface area contributed by atoms with Crippen molar-refractivity contribution >= 4 is 22.7 Å². The van der Waals surface area contributed by atoms with Crippen LogP contribution in [0, 0.1) is 11.3 Å². The first-order valence-electron chi connectivity index (χ1n) is 7.25. The molecule has 0 aliphatic heterocycles. The summed E-state index contributed by atoms with van der Waals surface area (Å²) in [4.78, 5) is 4.50. The van der Waals surface area contributed by atoms with Gasteiger partial charge in [-0.2, -0.15) is 10.4 Å².